The fourth-order valence-electron chi connectivity index (χ4n) is 3.41. The Hall–Kier alpha value is -3.18. The van der Waals surface area contributed by atoms with Gasteiger partial charge in [-0.25, -0.2) is 0 Å². The summed E-state index contributed by atoms with van der Waals surface area (Å²) >= 11 is 1.54. The second-order valence-electron chi connectivity index (χ2n) is 7.12. The summed E-state index contributed by atoms with van der Waals surface area (Å²) in [6.45, 7) is 2.60. The summed E-state index contributed by atoms with van der Waals surface area (Å²) in [6, 6.07) is 24.1. The van der Waals surface area contributed by atoms with Gasteiger partial charge >= 0.3 is 0 Å². The smallest absolute Gasteiger partial charge is 0.233 e. The number of benzene rings is 2. The topological polar surface area (TPSA) is 46.1 Å². The number of hydrogen-bond donors (Lipinski definition) is 0. The third-order valence-electron chi connectivity index (χ3n) is 5.08. The highest BCUT2D eigenvalue weighted by molar-refractivity contribution is 8.00. The lowest BCUT2D eigenvalue weighted by Crippen LogP contribution is -2.34. The zero-order valence-electron chi connectivity index (χ0n) is 16.8. The van der Waals surface area contributed by atoms with E-state index in [0.717, 1.165) is 26.9 Å². The molecule has 4 nitrogen and oxygen atoms in total. The van der Waals surface area contributed by atoms with Crippen LogP contribution >= 0.6 is 11.8 Å². The van der Waals surface area contributed by atoms with E-state index in [1.54, 1.807) is 12.4 Å². The van der Waals surface area contributed by atoms with Gasteiger partial charge in [0.2, 0.25) is 5.91 Å². The number of pyridine rings is 2. The lowest BCUT2D eigenvalue weighted by molar-refractivity contribution is -0.131. The lowest BCUT2D eigenvalue weighted by Gasteiger charge is -2.30. The van der Waals surface area contributed by atoms with Gasteiger partial charge in [0.1, 0.15) is 0 Å². The van der Waals surface area contributed by atoms with Gasteiger partial charge in [-0.3, -0.25) is 14.8 Å². The van der Waals surface area contributed by atoms with Crippen LogP contribution in [0.4, 0.5) is 0 Å². The average Bonchev–Trinajstić information content (AvgIpc) is 2.81. The van der Waals surface area contributed by atoms with Crippen molar-refractivity contribution in [3.05, 3.63) is 103 Å². The highest BCUT2D eigenvalue weighted by Crippen LogP contribution is 2.26. The lowest BCUT2D eigenvalue weighted by atomic mass is 10.1. The Morgan fingerprint density at radius 3 is 2.53 bits per heavy atom. The normalized spacial score (nSPS) is 11.9. The molecule has 2 aromatic carbocycles. The standard InChI is InChI=1S/C25H23N3OS/c1-19(21-7-3-2-4-8-21)28(25(29)18-30-23-11-13-26-14-12-23)17-20-15-22-9-5-6-10-24(22)27-16-20/h2-16,19H,17-18H2,1H3/t19-/m1/s1. The minimum absolute atomic E-state index is 0.0387. The molecule has 2 heterocycles. The summed E-state index contributed by atoms with van der Waals surface area (Å²) < 4.78 is 0. The van der Waals surface area contributed by atoms with E-state index in [4.69, 9.17) is 0 Å². The molecule has 0 saturated heterocycles. The Morgan fingerprint density at radius 2 is 1.73 bits per heavy atom. The van der Waals surface area contributed by atoms with Gasteiger partial charge in [0.15, 0.2) is 0 Å². The summed E-state index contributed by atoms with van der Waals surface area (Å²) in [7, 11) is 0. The Labute approximate surface area is 181 Å². The zero-order valence-corrected chi connectivity index (χ0v) is 17.6. The first-order valence-corrected chi connectivity index (χ1v) is 10.9. The quantitative estimate of drug-likeness (QED) is 0.375. The summed E-state index contributed by atoms with van der Waals surface area (Å²) in [5, 5.41) is 1.08. The average molecular weight is 414 g/mol. The number of hydrogen-bond acceptors (Lipinski definition) is 4. The molecule has 1 amide bonds. The van der Waals surface area contributed by atoms with E-state index >= 15 is 0 Å². The highest BCUT2D eigenvalue weighted by Gasteiger charge is 2.22. The number of carbonyl (C=O) groups excluding carboxylic acids is 1. The Morgan fingerprint density at radius 1 is 1.00 bits per heavy atom. The number of para-hydroxylation sites is 1. The molecule has 4 rings (SSSR count). The van der Waals surface area contributed by atoms with Crippen molar-refractivity contribution >= 4 is 28.6 Å². The molecular weight excluding hydrogens is 390 g/mol. The highest BCUT2D eigenvalue weighted by atomic mass is 32.2. The van der Waals surface area contributed by atoms with Crippen LogP contribution in [0.5, 0.6) is 0 Å². The maximum atomic E-state index is 13.3. The van der Waals surface area contributed by atoms with Crippen molar-refractivity contribution in [3.63, 3.8) is 0 Å². The fraction of sp³-hybridized carbons (Fsp3) is 0.160. The molecule has 0 unspecified atom stereocenters. The van der Waals surface area contributed by atoms with Crippen LogP contribution in [0.1, 0.15) is 24.1 Å². The molecule has 2 aromatic heterocycles. The maximum absolute atomic E-state index is 13.3. The molecule has 5 heteroatoms. The zero-order chi connectivity index (χ0) is 20.8. The molecule has 0 aliphatic rings. The molecule has 0 aliphatic heterocycles. The van der Waals surface area contributed by atoms with Crippen LogP contribution in [0.15, 0.2) is 96.3 Å². The van der Waals surface area contributed by atoms with Gasteiger partial charge in [0.25, 0.3) is 0 Å². The number of fused-ring (bicyclic) bond motifs is 1. The number of rotatable bonds is 7. The van der Waals surface area contributed by atoms with E-state index in [9.17, 15) is 4.79 Å². The van der Waals surface area contributed by atoms with Gasteiger partial charge in [0, 0.05) is 35.4 Å². The van der Waals surface area contributed by atoms with Crippen molar-refractivity contribution in [2.45, 2.75) is 24.4 Å². The van der Waals surface area contributed by atoms with Gasteiger partial charge in [-0.15, -0.1) is 11.8 Å². The number of amides is 1. The molecule has 0 saturated carbocycles. The predicted molar refractivity (Wildman–Crippen MR) is 122 cm³/mol. The fourth-order valence-corrected chi connectivity index (χ4v) is 4.18. The molecule has 4 aromatic rings. The van der Waals surface area contributed by atoms with Crippen molar-refractivity contribution in [1.29, 1.82) is 0 Å². The summed E-state index contributed by atoms with van der Waals surface area (Å²) in [5.41, 5.74) is 3.11. The molecule has 0 bridgehead atoms. The van der Waals surface area contributed by atoms with Crippen LogP contribution < -0.4 is 0 Å². The number of aromatic nitrogens is 2. The third kappa shape index (κ3) is 4.86. The SMILES string of the molecule is C[C@H](c1ccccc1)N(Cc1cnc2ccccc2c1)C(=O)CSc1ccncc1. The summed E-state index contributed by atoms with van der Waals surface area (Å²) in [4.78, 5) is 24.9. The molecule has 0 spiro atoms. The first-order valence-electron chi connectivity index (χ1n) is 9.91. The van der Waals surface area contributed by atoms with Crippen LogP contribution in [-0.2, 0) is 11.3 Å². The number of thioether (sulfide) groups is 1. The van der Waals surface area contributed by atoms with Crippen molar-refractivity contribution in [3.8, 4) is 0 Å². The Kier molecular flexibility index (Phi) is 6.40. The van der Waals surface area contributed by atoms with E-state index in [1.807, 2.05) is 59.6 Å². The third-order valence-corrected chi connectivity index (χ3v) is 6.08. The van der Waals surface area contributed by atoms with E-state index in [1.165, 1.54) is 11.8 Å². The minimum Gasteiger partial charge on any atom is -0.331 e. The molecule has 1 atom stereocenters. The molecule has 30 heavy (non-hydrogen) atoms. The van der Waals surface area contributed by atoms with E-state index in [0.29, 0.717) is 12.3 Å². The molecule has 0 N–H and O–H groups in total. The van der Waals surface area contributed by atoms with Crippen molar-refractivity contribution < 1.29 is 4.79 Å². The predicted octanol–water partition coefficient (Wildman–Crippen LogP) is 5.51. The minimum atomic E-state index is -0.0387. The summed E-state index contributed by atoms with van der Waals surface area (Å²) in [6.07, 6.45) is 5.37. The first-order chi connectivity index (χ1) is 14.7. The first kappa shape index (κ1) is 20.1. The van der Waals surface area contributed by atoms with Gasteiger partial charge in [-0.2, -0.15) is 0 Å². The van der Waals surface area contributed by atoms with E-state index in [-0.39, 0.29) is 11.9 Å². The number of carbonyl (C=O) groups is 1. The van der Waals surface area contributed by atoms with Gasteiger partial charge < -0.3 is 4.90 Å². The molecule has 0 fully saturated rings. The second-order valence-corrected chi connectivity index (χ2v) is 8.16. The van der Waals surface area contributed by atoms with Crippen molar-refractivity contribution in [1.82, 2.24) is 14.9 Å². The molecule has 0 aliphatic carbocycles. The van der Waals surface area contributed by atoms with Crippen LogP contribution in [0.2, 0.25) is 0 Å². The van der Waals surface area contributed by atoms with Crippen LogP contribution in [0.25, 0.3) is 10.9 Å². The van der Waals surface area contributed by atoms with Gasteiger partial charge in [-0.1, -0.05) is 48.5 Å². The van der Waals surface area contributed by atoms with E-state index < -0.39 is 0 Å². The molecule has 0 radical (unpaired) electrons. The molecular formula is C25H23N3OS. The monoisotopic (exact) mass is 413 g/mol. The maximum Gasteiger partial charge on any atom is 0.233 e. The van der Waals surface area contributed by atoms with Gasteiger partial charge in [0.05, 0.1) is 17.3 Å². The Bertz CT molecular complexity index is 1120. The van der Waals surface area contributed by atoms with Crippen molar-refractivity contribution in [2.24, 2.45) is 0 Å². The largest absolute Gasteiger partial charge is 0.331 e. The molecule has 150 valence electrons. The van der Waals surface area contributed by atoms with Crippen LogP contribution in [0.3, 0.4) is 0 Å². The Balaban J connectivity index is 1.57. The number of nitrogens with zero attached hydrogens (tertiary/aromatic N) is 3. The van der Waals surface area contributed by atoms with Crippen molar-refractivity contribution in [2.75, 3.05) is 5.75 Å². The van der Waals surface area contributed by atoms with Gasteiger partial charge in [-0.05, 0) is 42.3 Å². The summed E-state index contributed by atoms with van der Waals surface area (Å²) in [5.74, 6) is 0.476. The van der Waals surface area contributed by atoms with E-state index in [2.05, 4.69) is 41.2 Å². The van der Waals surface area contributed by atoms with Crippen LogP contribution in [-0.4, -0.2) is 26.5 Å². The second kappa shape index (κ2) is 9.55. The van der Waals surface area contributed by atoms with Crippen LogP contribution in [0, 0.1) is 0 Å².